The number of hydrogen-bond donors (Lipinski definition) is 3. The first kappa shape index (κ1) is 12.0. The second kappa shape index (κ2) is 5.69. The number of nitro groups is 1. The van der Waals surface area contributed by atoms with Gasteiger partial charge in [0.1, 0.15) is 0 Å². The number of rotatable bonds is 5. The molecule has 5 nitrogen and oxygen atoms in total. The molecule has 15 heavy (non-hydrogen) atoms. The highest BCUT2D eigenvalue weighted by molar-refractivity contribution is 7.80. The molecule has 1 rings (SSSR count). The molecular weight excluding hydrogens is 214 g/mol. The molecule has 3 N–H and O–H groups in total. The molecule has 0 aromatic heterocycles. The summed E-state index contributed by atoms with van der Waals surface area (Å²) in [7, 11) is 0. The van der Waals surface area contributed by atoms with E-state index >= 15 is 0 Å². The molecule has 0 amide bonds. The highest BCUT2D eigenvalue weighted by Gasteiger charge is 2.07. The van der Waals surface area contributed by atoms with E-state index in [1.54, 1.807) is 12.1 Å². The molecule has 0 aliphatic rings. The lowest BCUT2D eigenvalue weighted by Crippen LogP contribution is -2.30. The molecule has 0 fully saturated rings. The summed E-state index contributed by atoms with van der Waals surface area (Å²) in [4.78, 5) is 9.97. The van der Waals surface area contributed by atoms with E-state index in [9.17, 15) is 10.1 Å². The van der Waals surface area contributed by atoms with Crippen molar-refractivity contribution < 1.29 is 4.92 Å². The first-order chi connectivity index (χ1) is 7.15. The Kier molecular flexibility index (Phi) is 4.54. The predicted molar refractivity (Wildman–Crippen MR) is 61.9 cm³/mol. The minimum absolute atomic E-state index is 0.0696. The van der Waals surface area contributed by atoms with Crippen LogP contribution < -0.4 is 11.1 Å². The average Bonchev–Trinajstić information content (AvgIpc) is 2.26. The summed E-state index contributed by atoms with van der Waals surface area (Å²) in [5, 5.41) is 13.4. The fourth-order valence-electron chi connectivity index (χ4n) is 1.14. The number of hydrogen-bond acceptors (Lipinski definition) is 5. The molecule has 1 aromatic carbocycles. The van der Waals surface area contributed by atoms with Gasteiger partial charge in [0.05, 0.1) is 11.1 Å². The molecule has 0 radical (unpaired) electrons. The van der Waals surface area contributed by atoms with Gasteiger partial charge in [0.2, 0.25) is 0 Å². The molecule has 1 unspecified atom stereocenters. The lowest BCUT2D eigenvalue weighted by Gasteiger charge is -2.12. The summed E-state index contributed by atoms with van der Waals surface area (Å²) in [6.07, 6.45) is -0.307. The monoisotopic (exact) mass is 227 g/mol. The molecule has 0 spiro atoms. The summed E-state index contributed by atoms with van der Waals surface area (Å²) in [6, 6.07) is 6.18. The zero-order valence-corrected chi connectivity index (χ0v) is 8.98. The van der Waals surface area contributed by atoms with Gasteiger partial charge in [0, 0.05) is 24.4 Å². The Morgan fingerprint density at radius 1 is 1.47 bits per heavy atom. The van der Waals surface area contributed by atoms with Gasteiger partial charge in [-0.25, -0.2) is 0 Å². The van der Waals surface area contributed by atoms with Gasteiger partial charge < -0.3 is 5.73 Å². The van der Waals surface area contributed by atoms with Crippen molar-refractivity contribution in [3.05, 3.63) is 39.9 Å². The third kappa shape index (κ3) is 3.50. The Bertz CT molecular complexity index is 329. The average molecular weight is 227 g/mol. The Morgan fingerprint density at radius 3 is 2.53 bits per heavy atom. The van der Waals surface area contributed by atoms with Gasteiger partial charge in [-0.05, 0) is 17.7 Å². The van der Waals surface area contributed by atoms with Crippen LogP contribution in [0, 0.1) is 10.1 Å². The molecule has 0 aliphatic carbocycles. The number of thiol groups is 1. The Balaban J connectivity index is 2.66. The maximum Gasteiger partial charge on any atom is 0.269 e. The minimum atomic E-state index is -0.434. The van der Waals surface area contributed by atoms with Crippen molar-refractivity contribution >= 4 is 18.3 Å². The first-order valence-corrected chi connectivity index (χ1v) is 5.12. The van der Waals surface area contributed by atoms with Crippen LogP contribution in [-0.4, -0.2) is 17.2 Å². The second-order valence-corrected chi connectivity index (χ2v) is 3.45. The van der Waals surface area contributed by atoms with E-state index in [1.807, 2.05) is 0 Å². The maximum absolute atomic E-state index is 10.4. The molecular formula is C9H13N3O2S. The van der Waals surface area contributed by atoms with Crippen LogP contribution in [0.25, 0.3) is 0 Å². The van der Waals surface area contributed by atoms with Crippen LogP contribution in [0.2, 0.25) is 0 Å². The van der Waals surface area contributed by atoms with Gasteiger partial charge in [-0.2, -0.15) is 12.6 Å². The number of benzene rings is 1. The van der Waals surface area contributed by atoms with Crippen LogP contribution in [0.1, 0.15) is 11.7 Å². The van der Waals surface area contributed by atoms with Crippen molar-refractivity contribution in [2.45, 2.75) is 6.17 Å². The Labute approximate surface area is 93.2 Å². The molecule has 0 saturated heterocycles. The molecule has 82 valence electrons. The van der Waals surface area contributed by atoms with Gasteiger partial charge in [-0.3, -0.25) is 15.4 Å². The topological polar surface area (TPSA) is 81.2 Å². The van der Waals surface area contributed by atoms with Crippen molar-refractivity contribution in [1.82, 2.24) is 5.32 Å². The van der Waals surface area contributed by atoms with Crippen molar-refractivity contribution in [3.63, 3.8) is 0 Å². The summed E-state index contributed by atoms with van der Waals surface area (Å²) in [6.45, 7) is 0.696. The van der Waals surface area contributed by atoms with Gasteiger partial charge in [-0.15, -0.1) is 0 Å². The lowest BCUT2D eigenvalue weighted by molar-refractivity contribution is -0.384. The highest BCUT2D eigenvalue weighted by Crippen LogP contribution is 2.14. The second-order valence-electron chi connectivity index (χ2n) is 3.00. The predicted octanol–water partition coefficient (Wildman–Crippen LogP) is 1.07. The first-order valence-electron chi connectivity index (χ1n) is 4.49. The van der Waals surface area contributed by atoms with E-state index < -0.39 is 4.92 Å². The van der Waals surface area contributed by atoms with Crippen LogP contribution in [0.5, 0.6) is 0 Å². The normalized spacial score (nSPS) is 12.4. The fraction of sp³-hybridized carbons (Fsp3) is 0.333. The number of nitrogens with zero attached hydrogens (tertiary/aromatic N) is 1. The van der Waals surface area contributed by atoms with E-state index in [1.165, 1.54) is 12.1 Å². The third-order valence-electron chi connectivity index (χ3n) is 1.94. The van der Waals surface area contributed by atoms with Crippen molar-refractivity contribution in [2.24, 2.45) is 5.73 Å². The smallest absolute Gasteiger partial charge is 0.269 e. The summed E-state index contributed by atoms with van der Waals surface area (Å²) < 4.78 is 0. The summed E-state index contributed by atoms with van der Waals surface area (Å²) in [5.74, 6) is 0.695. The maximum atomic E-state index is 10.4. The zero-order valence-electron chi connectivity index (χ0n) is 8.09. The zero-order chi connectivity index (χ0) is 11.3. The minimum Gasteiger partial charge on any atom is -0.312 e. The SMILES string of the molecule is NC(NCCS)c1ccc([N+](=O)[O-])cc1. The van der Waals surface area contributed by atoms with Crippen molar-refractivity contribution in [2.75, 3.05) is 12.3 Å². The van der Waals surface area contributed by atoms with E-state index in [-0.39, 0.29) is 11.9 Å². The van der Waals surface area contributed by atoms with Crippen LogP contribution >= 0.6 is 12.6 Å². The van der Waals surface area contributed by atoms with Gasteiger partial charge in [0.15, 0.2) is 0 Å². The van der Waals surface area contributed by atoms with E-state index in [4.69, 9.17) is 5.73 Å². The Morgan fingerprint density at radius 2 is 2.07 bits per heavy atom. The van der Waals surface area contributed by atoms with Gasteiger partial charge in [-0.1, -0.05) is 0 Å². The third-order valence-corrected chi connectivity index (χ3v) is 2.16. The standard InChI is InChI=1S/C9H13N3O2S/c10-9(11-5-6-15)7-1-3-8(4-2-7)12(13)14/h1-4,9,11,15H,5-6,10H2. The van der Waals surface area contributed by atoms with Crippen LogP contribution in [0.3, 0.4) is 0 Å². The number of non-ortho nitro benzene ring substituents is 1. The van der Waals surface area contributed by atoms with Crippen LogP contribution in [-0.2, 0) is 0 Å². The quantitative estimate of drug-likeness (QED) is 0.304. The lowest BCUT2D eigenvalue weighted by atomic mass is 10.1. The van der Waals surface area contributed by atoms with Crippen LogP contribution in [0.4, 0.5) is 5.69 Å². The molecule has 0 aliphatic heterocycles. The molecule has 1 aromatic rings. The molecule has 6 heteroatoms. The van der Waals surface area contributed by atoms with Gasteiger partial charge >= 0.3 is 0 Å². The fourth-order valence-corrected chi connectivity index (χ4v) is 1.27. The molecule has 0 saturated carbocycles. The summed E-state index contributed by atoms with van der Waals surface area (Å²) in [5.41, 5.74) is 6.68. The van der Waals surface area contributed by atoms with E-state index in [0.717, 1.165) is 5.56 Å². The summed E-state index contributed by atoms with van der Waals surface area (Å²) >= 11 is 4.04. The van der Waals surface area contributed by atoms with Crippen molar-refractivity contribution in [3.8, 4) is 0 Å². The van der Waals surface area contributed by atoms with E-state index in [0.29, 0.717) is 12.3 Å². The van der Waals surface area contributed by atoms with E-state index in [2.05, 4.69) is 17.9 Å². The number of nitrogens with two attached hydrogens (primary N) is 1. The highest BCUT2D eigenvalue weighted by atomic mass is 32.1. The number of nitrogens with one attached hydrogen (secondary N) is 1. The van der Waals surface area contributed by atoms with Crippen molar-refractivity contribution in [1.29, 1.82) is 0 Å². The number of nitro benzene ring substituents is 1. The molecule has 1 atom stereocenters. The van der Waals surface area contributed by atoms with Gasteiger partial charge in [0.25, 0.3) is 5.69 Å². The van der Waals surface area contributed by atoms with Crippen LogP contribution in [0.15, 0.2) is 24.3 Å². The molecule has 0 bridgehead atoms. The Hall–Kier alpha value is -1.11. The largest absolute Gasteiger partial charge is 0.312 e. The molecule has 0 heterocycles.